The summed E-state index contributed by atoms with van der Waals surface area (Å²) in [5.41, 5.74) is 3.58. The highest BCUT2D eigenvalue weighted by Gasteiger charge is 2.12. The van der Waals surface area contributed by atoms with Crippen LogP contribution in [0.3, 0.4) is 0 Å². The zero-order chi connectivity index (χ0) is 20.1. The quantitative estimate of drug-likeness (QED) is 0.380. The lowest BCUT2D eigenvalue weighted by atomic mass is 9.95. The van der Waals surface area contributed by atoms with Crippen molar-refractivity contribution in [3.63, 3.8) is 0 Å². The Kier molecular flexibility index (Phi) is 6.70. The minimum absolute atomic E-state index is 0.0491. The summed E-state index contributed by atoms with van der Waals surface area (Å²) in [6.45, 7) is 4.28. The van der Waals surface area contributed by atoms with Crippen molar-refractivity contribution < 1.29 is 9.59 Å². The maximum absolute atomic E-state index is 12.0. The summed E-state index contributed by atoms with van der Waals surface area (Å²) in [7, 11) is 0. The van der Waals surface area contributed by atoms with Crippen LogP contribution in [0, 0.1) is 0 Å². The Morgan fingerprint density at radius 3 is 2.64 bits per heavy atom. The van der Waals surface area contributed by atoms with Crippen molar-refractivity contribution in [3.8, 4) is 10.4 Å². The van der Waals surface area contributed by atoms with Crippen LogP contribution in [0.1, 0.15) is 37.8 Å². The van der Waals surface area contributed by atoms with E-state index in [1.165, 1.54) is 4.88 Å². The van der Waals surface area contributed by atoms with Gasteiger partial charge < -0.3 is 5.32 Å². The molecule has 3 rings (SSSR count). The molecule has 0 atom stereocenters. The van der Waals surface area contributed by atoms with Gasteiger partial charge in [0.15, 0.2) is 0 Å². The van der Waals surface area contributed by atoms with Crippen LogP contribution in [0.25, 0.3) is 26.8 Å². The average Bonchev–Trinajstić information content (AvgIpc) is 3.21. The lowest BCUT2D eigenvalue weighted by Crippen LogP contribution is -2.22. The Hall–Kier alpha value is -2.37. The van der Waals surface area contributed by atoms with E-state index in [4.69, 9.17) is 0 Å². The molecule has 1 N–H and O–H groups in total. The lowest BCUT2D eigenvalue weighted by Gasteiger charge is -2.13. The van der Waals surface area contributed by atoms with E-state index in [1.54, 1.807) is 17.4 Å². The fourth-order valence-electron chi connectivity index (χ4n) is 3.26. The number of hydrogen-bond acceptors (Lipinski definition) is 3. The fourth-order valence-corrected chi connectivity index (χ4v) is 4.23. The van der Waals surface area contributed by atoms with Crippen LogP contribution in [0.15, 0.2) is 53.9 Å². The molecule has 0 unspecified atom stereocenters. The first kappa shape index (κ1) is 20.4. The van der Waals surface area contributed by atoms with Gasteiger partial charge in [0.1, 0.15) is 0 Å². The summed E-state index contributed by atoms with van der Waals surface area (Å²) in [5.74, 6) is 0.0491. The number of thiol groups is 1. The highest BCUT2D eigenvalue weighted by Crippen LogP contribution is 2.32. The topological polar surface area (TPSA) is 46.2 Å². The molecule has 0 spiro atoms. The van der Waals surface area contributed by atoms with Crippen LogP contribution in [-0.2, 0) is 16.1 Å². The summed E-state index contributed by atoms with van der Waals surface area (Å²) >= 11 is 5.68. The van der Waals surface area contributed by atoms with Crippen molar-refractivity contribution in [2.45, 2.75) is 33.2 Å². The van der Waals surface area contributed by atoms with Crippen molar-refractivity contribution >= 4 is 51.3 Å². The van der Waals surface area contributed by atoms with E-state index < -0.39 is 0 Å². The fraction of sp³-hybridized carbons (Fsp3) is 0.217. The van der Waals surface area contributed by atoms with Crippen LogP contribution in [0.2, 0.25) is 0 Å². The van der Waals surface area contributed by atoms with Gasteiger partial charge in [0.25, 0.3) is 0 Å². The van der Waals surface area contributed by atoms with Gasteiger partial charge in [0.05, 0.1) is 0 Å². The first-order chi connectivity index (χ1) is 13.5. The minimum atomic E-state index is -0.255. The van der Waals surface area contributed by atoms with Gasteiger partial charge in [0, 0.05) is 23.4 Å². The number of amides is 1. The van der Waals surface area contributed by atoms with Gasteiger partial charge in [-0.3, -0.25) is 9.59 Å². The van der Waals surface area contributed by atoms with Gasteiger partial charge in [-0.25, -0.2) is 0 Å². The molecule has 0 radical (unpaired) electrons. The van der Waals surface area contributed by atoms with Gasteiger partial charge in [-0.1, -0.05) is 31.2 Å². The van der Waals surface area contributed by atoms with E-state index in [9.17, 15) is 9.59 Å². The van der Waals surface area contributed by atoms with Gasteiger partial charge in [-0.2, -0.15) is 0 Å². The van der Waals surface area contributed by atoms with Crippen molar-refractivity contribution in [3.05, 3.63) is 65.0 Å². The summed E-state index contributed by atoms with van der Waals surface area (Å²) in [6.07, 6.45) is 3.12. The molecule has 28 heavy (non-hydrogen) atoms. The number of carbonyl (C=O) groups excluding carboxylic acids is 2. The SMILES string of the molecule is CC=C(C(=O)S)c1ccc2cc(-c3cccs3)cc(CNC(=O)CCC)c2c1. The molecule has 0 aliphatic rings. The van der Waals surface area contributed by atoms with Crippen LogP contribution in [-0.4, -0.2) is 11.0 Å². The molecule has 0 saturated carbocycles. The van der Waals surface area contributed by atoms with Crippen LogP contribution in [0.5, 0.6) is 0 Å². The van der Waals surface area contributed by atoms with E-state index in [1.807, 2.05) is 38.1 Å². The molecule has 3 nitrogen and oxygen atoms in total. The number of rotatable bonds is 7. The molecule has 144 valence electrons. The maximum atomic E-state index is 12.0. The van der Waals surface area contributed by atoms with Crippen LogP contribution >= 0.6 is 24.0 Å². The van der Waals surface area contributed by atoms with Crippen molar-refractivity contribution in [2.24, 2.45) is 0 Å². The van der Waals surface area contributed by atoms with Gasteiger partial charge >= 0.3 is 0 Å². The molecular weight excluding hydrogens is 386 g/mol. The number of nitrogens with one attached hydrogen (secondary N) is 1. The first-order valence-corrected chi connectivity index (χ1v) is 10.6. The molecule has 1 amide bonds. The first-order valence-electron chi connectivity index (χ1n) is 9.30. The molecule has 0 bridgehead atoms. The number of carbonyl (C=O) groups is 2. The second kappa shape index (κ2) is 9.22. The predicted molar refractivity (Wildman–Crippen MR) is 122 cm³/mol. The lowest BCUT2D eigenvalue weighted by molar-refractivity contribution is -0.121. The zero-order valence-electron chi connectivity index (χ0n) is 16.0. The van der Waals surface area contributed by atoms with Crippen molar-refractivity contribution in [1.29, 1.82) is 0 Å². The highest BCUT2D eigenvalue weighted by atomic mass is 32.1. The number of thiophene rings is 1. The number of benzene rings is 2. The Labute approximate surface area is 174 Å². The molecular formula is C23H23NO2S2. The van der Waals surface area contributed by atoms with Crippen molar-refractivity contribution in [1.82, 2.24) is 5.32 Å². The summed E-state index contributed by atoms with van der Waals surface area (Å²) in [6, 6.07) is 14.4. The predicted octanol–water partition coefficient (Wildman–Crippen LogP) is 5.84. The summed E-state index contributed by atoms with van der Waals surface area (Å²) < 4.78 is 0. The molecule has 0 aliphatic carbocycles. The Morgan fingerprint density at radius 1 is 1.18 bits per heavy atom. The number of hydrogen-bond donors (Lipinski definition) is 2. The monoisotopic (exact) mass is 409 g/mol. The Bertz CT molecular complexity index is 1040. The van der Waals surface area contributed by atoms with Crippen molar-refractivity contribution in [2.75, 3.05) is 0 Å². The van der Waals surface area contributed by atoms with Crippen LogP contribution in [0.4, 0.5) is 0 Å². The molecule has 3 aromatic rings. The third kappa shape index (κ3) is 4.54. The Balaban J connectivity index is 2.10. The smallest absolute Gasteiger partial charge is 0.220 e. The number of fused-ring (bicyclic) bond motifs is 1. The Morgan fingerprint density at radius 2 is 2.00 bits per heavy atom. The summed E-state index contributed by atoms with van der Waals surface area (Å²) in [5, 5.41) is 6.93. The number of allylic oxidation sites excluding steroid dienone is 1. The van der Waals surface area contributed by atoms with E-state index in [0.29, 0.717) is 18.5 Å². The highest BCUT2D eigenvalue weighted by molar-refractivity contribution is 7.98. The average molecular weight is 410 g/mol. The maximum Gasteiger partial charge on any atom is 0.220 e. The van der Waals surface area contributed by atoms with Gasteiger partial charge in [-0.15, -0.1) is 24.0 Å². The third-order valence-electron chi connectivity index (χ3n) is 4.63. The summed E-state index contributed by atoms with van der Waals surface area (Å²) in [4.78, 5) is 25.0. The van der Waals surface area contributed by atoms with E-state index in [-0.39, 0.29) is 11.0 Å². The molecule has 0 aliphatic heterocycles. The molecule has 1 aromatic heterocycles. The third-order valence-corrected chi connectivity index (χ3v) is 5.79. The molecule has 2 aromatic carbocycles. The van der Waals surface area contributed by atoms with E-state index in [0.717, 1.165) is 33.9 Å². The molecule has 5 heteroatoms. The zero-order valence-corrected chi connectivity index (χ0v) is 17.7. The molecule has 1 heterocycles. The van der Waals surface area contributed by atoms with Gasteiger partial charge in [-0.05, 0) is 70.5 Å². The molecule has 0 saturated heterocycles. The van der Waals surface area contributed by atoms with Gasteiger partial charge in [0.2, 0.25) is 11.0 Å². The molecule has 0 fully saturated rings. The van der Waals surface area contributed by atoms with E-state index in [2.05, 4.69) is 41.5 Å². The standard InChI is InChI=1S/C23H23NO2S2/c1-3-6-22(25)24-14-18-12-17(21-7-5-10-28-21)11-15-8-9-16(13-20(15)18)19(4-2)23(26)27/h4-5,7-13H,3,6,14H2,1-2H3,(H,24,25)(H,26,27). The minimum Gasteiger partial charge on any atom is -0.352 e. The van der Waals surface area contributed by atoms with Crippen LogP contribution < -0.4 is 5.32 Å². The van der Waals surface area contributed by atoms with E-state index >= 15 is 0 Å². The normalized spacial score (nSPS) is 11.6. The second-order valence-corrected chi connectivity index (χ2v) is 7.94. The second-order valence-electron chi connectivity index (χ2n) is 6.58. The largest absolute Gasteiger partial charge is 0.352 e.